The van der Waals surface area contributed by atoms with Gasteiger partial charge in [-0.05, 0) is 50.5 Å². The van der Waals surface area contributed by atoms with Gasteiger partial charge in [0.15, 0.2) is 5.96 Å². The first-order chi connectivity index (χ1) is 11.2. The van der Waals surface area contributed by atoms with Crippen molar-refractivity contribution in [2.24, 2.45) is 10.9 Å². The molecule has 1 aliphatic heterocycles. The Kier molecular flexibility index (Phi) is 7.34. The molecule has 24 heavy (non-hydrogen) atoms. The second-order valence-corrected chi connectivity index (χ2v) is 7.04. The van der Waals surface area contributed by atoms with Crippen LogP contribution in [-0.4, -0.2) is 47.7 Å². The minimum absolute atomic E-state index is 0. The highest BCUT2D eigenvalue weighted by Crippen LogP contribution is 2.31. The van der Waals surface area contributed by atoms with E-state index in [9.17, 15) is 5.11 Å². The molecule has 0 aromatic heterocycles. The monoisotopic (exact) mass is 443 g/mol. The van der Waals surface area contributed by atoms with Gasteiger partial charge < -0.3 is 15.3 Å². The highest BCUT2D eigenvalue weighted by molar-refractivity contribution is 14.0. The average molecular weight is 443 g/mol. The molecule has 2 fully saturated rings. The van der Waals surface area contributed by atoms with Gasteiger partial charge in [0.05, 0.1) is 12.1 Å². The van der Waals surface area contributed by atoms with Crippen molar-refractivity contribution in [2.45, 2.75) is 44.6 Å². The van der Waals surface area contributed by atoms with Gasteiger partial charge in [0.25, 0.3) is 0 Å². The summed E-state index contributed by atoms with van der Waals surface area (Å²) in [5.41, 5.74) is 0.883. The van der Waals surface area contributed by atoms with E-state index >= 15 is 0 Å². The molecule has 1 heterocycles. The summed E-state index contributed by atoms with van der Waals surface area (Å²) in [6, 6.07) is 10.7. The lowest BCUT2D eigenvalue weighted by atomic mass is 9.80. The van der Waals surface area contributed by atoms with Crippen molar-refractivity contribution in [1.29, 1.82) is 0 Å². The van der Waals surface area contributed by atoms with Crippen LogP contribution in [0.2, 0.25) is 0 Å². The highest BCUT2D eigenvalue weighted by Gasteiger charge is 2.34. The Morgan fingerprint density at radius 2 is 2.08 bits per heavy atom. The minimum Gasteiger partial charge on any atom is -0.388 e. The third kappa shape index (κ3) is 5.09. The molecule has 2 N–H and O–H groups in total. The second-order valence-electron chi connectivity index (χ2n) is 7.04. The van der Waals surface area contributed by atoms with Crippen LogP contribution in [0.1, 0.15) is 38.2 Å². The van der Waals surface area contributed by atoms with E-state index in [4.69, 9.17) is 4.99 Å². The number of aliphatic imine (C=N–C) groups is 1. The normalized spacial score (nSPS) is 22.7. The Hall–Kier alpha value is -0.820. The number of nitrogens with one attached hydrogen (secondary N) is 1. The van der Waals surface area contributed by atoms with Gasteiger partial charge in [-0.1, -0.05) is 30.3 Å². The number of nitrogens with zero attached hydrogens (tertiary/aromatic N) is 2. The number of benzene rings is 1. The fourth-order valence-corrected chi connectivity index (χ4v) is 3.53. The maximum atomic E-state index is 10.3. The van der Waals surface area contributed by atoms with E-state index in [1.54, 1.807) is 0 Å². The van der Waals surface area contributed by atoms with Gasteiger partial charge in [0.2, 0.25) is 0 Å². The summed E-state index contributed by atoms with van der Waals surface area (Å²) in [7, 11) is 0. The Labute approximate surface area is 162 Å². The van der Waals surface area contributed by atoms with E-state index in [2.05, 4.69) is 47.5 Å². The van der Waals surface area contributed by atoms with Crippen LogP contribution < -0.4 is 5.32 Å². The van der Waals surface area contributed by atoms with Crippen LogP contribution in [0.15, 0.2) is 35.3 Å². The molecule has 5 heteroatoms. The number of hydrogen-bond acceptors (Lipinski definition) is 2. The molecule has 0 bridgehead atoms. The Balaban J connectivity index is 0.00000208. The number of guanidine groups is 1. The lowest BCUT2D eigenvalue weighted by molar-refractivity contribution is -0.0237. The molecule has 134 valence electrons. The largest absolute Gasteiger partial charge is 0.388 e. The van der Waals surface area contributed by atoms with E-state index < -0.39 is 5.60 Å². The van der Waals surface area contributed by atoms with Gasteiger partial charge in [-0.15, -0.1) is 24.0 Å². The summed E-state index contributed by atoms with van der Waals surface area (Å²) < 4.78 is 0. The van der Waals surface area contributed by atoms with Crippen LogP contribution in [0.3, 0.4) is 0 Å². The van der Waals surface area contributed by atoms with Crippen molar-refractivity contribution in [1.82, 2.24) is 10.2 Å². The number of rotatable bonds is 5. The summed E-state index contributed by atoms with van der Waals surface area (Å²) in [5.74, 6) is 1.66. The number of halogens is 1. The van der Waals surface area contributed by atoms with Crippen molar-refractivity contribution >= 4 is 29.9 Å². The van der Waals surface area contributed by atoms with Gasteiger partial charge in [0.1, 0.15) is 0 Å². The molecular formula is C19H30IN3O. The van der Waals surface area contributed by atoms with Crippen LogP contribution in [0.4, 0.5) is 0 Å². The van der Waals surface area contributed by atoms with Crippen molar-refractivity contribution in [3.05, 3.63) is 35.9 Å². The molecule has 4 nitrogen and oxygen atoms in total. The summed E-state index contributed by atoms with van der Waals surface area (Å²) >= 11 is 0. The maximum Gasteiger partial charge on any atom is 0.194 e. The summed E-state index contributed by atoms with van der Waals surface area (Å²) in [5, 5.41) is 13.7. The van der Waals surface area contributed by atoms with Gasteiger partial charge in [-0.2, -0.15) is 0 Å². The van der Waals surface area contributed by atoms with E-state index in [0.29, 0.717) is 12.5 Å². The molecular weight excluding hydrogens is 413 g/mol. The SMILES string of the molecule is CCNC(=NCC1(O)CCC1)N1CCC(Cc2ccccc2)C1.I. The van der Waals surface area contributed by atoms with E-state index in [1.165, 1.54) is 12.0 Å². The molecule has 3 rings (SSSR count). The first-order valence-corrected chi connectivity index (χ1v) is 8.98. The summed E-state index contributed by atoms with van der Waals surface area (Å²) in [6.45, 7) is 5.62. The van der Waals surface area contributed by atoms with Gasteiger partial charge in [-0.3, -0.25) is 4.99 Å². The number of aliphatic hydroxyl groups is 1. The quantitative estimate of drug-likeness (QED) is 0.418. The van der Waals surface area contributed by atoms with Crippen molar-refractivity contribution < 1.29 is 5.11 Å². The molecule has 0 spiro atoms. The van der Waals surface area contributed by atoms with Gasteiger partial charge in [-0.25, -0.2) is 0 Å². The minimum atomic E-state index is -0.538. The van der Waals surface area contributed by atoms with Crippen molar-refractivity contribution in [2.75, 3.05) is 26.2 Å². The number of hydrogen-bond donors (Lipinski definition) is 2. The van der Waals surface area contributed by atoms with Crippen LogP contribution in [0.5, 0.6) is 0 Å². The zero-order valence-corrected chi connectivity index (χ0v) is 16.9. The van der Waals surface area contributed by atoms with Crippen LogP contribution in [-0.2, 0) is 6.42 Å². The molecule has 0 amide bonds. The zero-order chi connectivity index (χ0) is 16.1. The first kappa shape index (κ1) is 19.5. The van der Waals surface area contributed by atoms with E-state index in [-0.39, 0.29) is 24.0 Å². The van der Waals surface area contributed by atoms with Crippen molar-refractivity contribution in [3.63, 3.8) is 0 Å². The van der Waals surface area contributed by atoms with Crippen LogP contribution >= 0.6 is 24.0 Å². The standard InChI is InChI=1S/C19H29N3O.HI/c1-2-20-18(21-15-19(23)10-6-11-19)22-12-9-17(14-22)13-16-7-4-3-5-8-16;/h3-5,7-8,17,23H,2,6,9-15H2,1H3,(H,20,21);1H. The zero-order valence-electron chi connectivity index (χ0n) is 14.6. The lowest BCUT2D eigenvalue weighted by Gasteiger charge is -2.35. The molecule has 0 radical (unpaired) electrons. The number of likely N-dealkylation sites (tertiary alicyclic amines) is 1. The fraction of sp³-hybridized carbons (Fsp3) is 0.632. The molecule has 1 aliphatic carbocycles. The molecule has 1 saturated heterocycles. The highest BCUT2D eigenvalue weighted by atomic mass is 127. The smallest absolute Gasteiger partial charge is 0.194 e. The van der Waals surface area contributed by atoms with E-state index in [0.717, 1.165) is 51.3 Å². The molecule has 1 unspecified atom stereocenters. The van der Waals surface area contributed by atoms with Crippen molar-refractivity contribution in [3.8, 4) is 0 Å². The fourth-order valence-electron chi connectivity index (χ4n) is 3.53. The topological polar surface area (TPSA) is 47.9 Å². The third-order valence-corrected chi connectivity index (χ3v) is 5.09. The Bertz CT molecular complexity index is 531. The van der Waals surface area contributed by atoms with E-state index in [1.807, 2.05) is 0 Å². The second kappa shape index (κ2) is 9.04. The summed E-state index contributed by atoms with van der Waals surface area (Å²) in [6.07, 6.45) is 5.27. The van der Waals surface area contributed by atoms with Crippen LogP contribution in [0, 0.1) is 5.92 Å². The third-order valence-electron chi connectivity index (χ3n) is 5.09. The molecule has 1 aromatic carbocycles. The van der Waals surface area contributed by atoms with Crippen LogP contribution in [0.25, 0.3) is 0 Å². The van der Waals surface area contributed by atoms with Gasteiger partial charge in [0, 0.05) is 19.6 Å². The lowest BCUT2D eigenvalue weighted by Crippen LogP contribution is -2.44. The predicted octanol–water partition coefficient (Wildman–Crippen LogP) is 3.05. The summed E-state index contributed by atoms with van der Waals surface area (Å²) in [4.78, 5) is 7.07. The van der Waals surface area contributed by atoms with Gasteiger partial charge >= 0.3 is 0 Å². The maximum absolute atomic E-state index is 10.3. The molecule has 1 aromatic rings. The molecule has 1 saturated carbocycles. The average Bonchev–Trinajstić information content (AvgIpc) is 2.99. The first-order valence-electron chi connectivity index (χ1n) is 8.98. The predicted molar refractivity (Wildman–Crippen MR) is 110 cm³/mol. The molecule has 2 aliphatic rings. The molecule has 1 atom stereocenters. The Morgan fingerprint density at radius 3 is 2.71 bits per heavy atom. The Morgan fingerprint density at radius 1 is 1.33 bits per heavy atom.